The van der Waals surface area contributed by atoms with E-state index >= 15 is 0 Å². The molecule has 0 aliphatic heterocycles. The first-order valence-corrected chi connectivity index (χ1v) is 16.2. The number of fused-ring (bicyclic) bond motifs is 7. The third-order valence-corrected chi connectivity index (χ3v) is 9.47. The van der Waals surface area contributed by atoms with Crippen LogP contribution >= 0.6 is 0 Å². The molecule has 0 N–H and O–H groups in total. The second kappa shape index (κ2) is 10.6. The molecule has 3 heterocycles. The smallest absolute Gasteiger partial charge is 0.164 e. The van der Waals surface area contributed by atoms with E-state index in [1.807, 2.05) is 54.6 Å². The summed E-state index contributed by atoms with van der Waals surface area (Å²) in [5, 5.41) is 4.10. The van der Waals surface area contributed by atoms with E-state index < -0.39 is 0 Å². The van der Waals surface area contributed by atoms with Gasteiger partial charge in [-0.2, -0.15) is 0 Å². The average molecular weight is 618 g/mol. The molecule has 2 unspecified atom stereocenters. The van der Waals surface area contributed by atoms with Crippen LogP contribution in [0.15, 0.2) is 161 Å². The normalized spacial score (nSPS) is 17.0. The second-order valence-corrected chi connectivity index (χ2v) is 12.4. The zero-order chi connectivity index (χ0) is 31.6. The quantitative estimate of drug-likeness (QED) is 0.197. The van der Waals surface area contributed by atoms with E-state index in [0.29, 0.717) is 23.4 Å². The summed E-state index contributed by atoms with van der Waals surface area (Å²) in [6.07, 6.45) is 15.3. The van der Waals surface area contributed by atoms with Crippen LogP contribution in [-0.4, -0.2) is 15.0 Å². The lowest BCUT2D eigenvalue weighted by atomic mass is 9.83. The first kappa shape index (κ1) is 26.8. The van der Waals surface area contributed by atoms with Crippen LogP contribution in [0.2, 0.25) is 0 Å². The first-order valence-electron chi connectivity index (χ1n) is 16.2. The van der Waals surface area contributed by atoms with Gasteiger partial charge >= 0.3 is 0 Å². The lowest BCUT2D eigenvalue weighted by Crippen LogP contribution is -2.12. The summed E-state index contributed by atoms with van der Waals surface area (Å²) >= 11 is 0. The SMILES string of the molecule is C1=CC2C=CC(c3nc(-c4ccc5oc6ccccc6c5c4)nc(-c4ccc(-c5ccccc5)c5oc6ccccc6c45)n3)=CC2C=C1. The van der Waals surface area contributed by atoms with Gasteiger partial charge in [-0.1, -0.05) is 109 Å². The van der Waals surface area contributed by atoms with Crippen LogP contribution in [-0.2, 0) is 0 Å². The number of aromatic nitrogens is 3. The van der Waals surface area contributed by atoms with Crippen molar-refractivity contribution in [3.8, 4) is 33.9 Å². The first-order chi connectivity index (χ1) is 23.8. The van der Waals surface area contributed by atoms with Crippen molar-refractivity contribution in [2.75, 3.05) is 0 Å². The minimum Gasteiger partial charge on any atom is -0.456 e. The molecule has 5 nitrogen and oxygen atoms in total. The molecule has 0 radical (unpaired) electrons. The molecule has 2 aliphatic rings. The molecule has 8 aromatic rings. The van der Waals surface area contributed by atoms with Crippen LogP contribution in [0.1, 0.15) is 5.82 Å². The van der Waals surface area contributed by atoms with Gasteiger partial charge in [0.1, 0.15) is 22.3 Å². The molecule has 2 atom stereocenters. The Labute approximate surface area is 275 Å². The van der Waals surface area contributed by atoms with Gasteiger partial charge in [0, 0.05) is 55.6 Å². The summed E-state index contributed by atoms with van der Waals surface area (Å²) in [4.78, 5) is 15.5. The lowest BCUT2D eigenvalue weighted by Gasteiger charge is -2.22. The number of para-hydroxylation sites is 2. The highest BCUT2D eigenvalue weighted by molar-refractivity contribution is 6.15. The fourth-order valence-corrected chi connectivity index (χ4v) is 7.11. The Balaban J connectivity index is 1.22. The maximum atomic E-state index is 6.58. The van der Waals surface area contributed by atoms with Gasteiger partial charge in [-0.15, -0.1) is 0 Å². The Kier molecular flexibility index (Phi) is 5.93. The van der Waals surface area contributed by atoms with Crippen LogP contribution in [0, 0.1) is 11.8 Å². The number of allylic oxidation sites excluding steroid dienone is 8. The summed E-state index contributed by atoms with van der Waals surface area (Å²) in [7, 11) is 0. The van der Waals surface area contributed by atoms with Gasteiger partial charge in [0.2, 0.25) is 0 Å². The highest BCUT2D eigenvalue weighted by Crippen LogP contribution is 2.42. The van der Waals surface area contributed by atoms with E-state index in [0.717, 1.165) is 71.7 Å². The molecule has 48 heavy (non-hydrogen) atoms. The molecule has 10 rings (SSSR count). The van der Waals surface area contributed by atoms with Gasteiger partial charge in [-0.05, 0) is 48.0 Å². The largest absolute Gasteiger partial charge is 0.456 e. The molecule has 226 valence electrons. The molecule has 3 aromatic heterocycles. The van der Waals surface area contributed by atoms with E-state index in [1.165, 1.54) is 0 Å². The van der Waals surface area contributed by atoms with Gasteiger partial charge < -0.3 is 8.83 Å². The van der Waals surface area contributed by atoms with Crippen LogP contribution in [0.4, 0.5) is 0 Å². The summed E-state index contributed by atoms with van der Waals surface area (Å²) in [5.74, 6) is 2.42. The Bertz CT molecular complexity index is 2690. The van der Waals surface area contributed by atoms with Crippen molar-refractivity contribution in [3.05, 3.63) is 158 Å². The molecule has 0 saturated carbocycles. The average Bonchev–Trinajstić information content (AvgIpc) is 3.73. The highest BCUT2D eigenvalue weighted by Gasteiger charge is 2.24. The molecule has 2 aliphatic carbocycles. The summed E-state index contributed by atoms with van der Waals surface area (Å²) < 4.78 is 12.7. The van der Waals surface area contributed by atoms with Crippen molar-refractivity contribution in [2.45, 2.75) is 0 Å². The van der Waals surface area contributed by atoms with Crippen LogP contribution in [0.5, 0.6) is 0 Å². The third kappa shape index (κ3) is 4.28. The van der Waals surface area contributed by atoms with Crippen molar-refractivity contribution in [1.29, 1.82) is 0 Å². The Morgan fingerprint density at radius 2 is 1.17 bits per heavy atom. The molecular weight excluding hydrogens is 590 g/mol. The number of benzene rings is 5. The predicted octanol–water partition coefficient (Wildman–Crippen LogP) is 11.0. The monoisotopic (exact) mass is 617 g/mol. The zero-order valence-corrected chi connectivity index (χ0v) is 25.7. The van der Waals surface area contributed by atoms with Crippen molar-refractivity contribution >= 4 is 49.5 Å². The molecule has 0 saturated heterocycles. The molecule has 0 spiro atoms. The predicted molar refractivity (Wildman–Crippen MR) is 193 cm³/mol. The third-order valence-electron chi connectivity index (χ3n) is 9.47. The van der Waals surface area contributed by atoms with E-state index in [4.69, 9.17) is 23.8 Å². The Morgan fingerprint density at radius 1 is 0.479 bits per heavy atom. The molecule has 0 bridgehead atoms. The topological polar surface area (TPSA) is 65.0 Å². The van der Waals surface area contributed by atoms with E-state index in [9.17, 15) is 0 Å². The highest BCUT2D eigenvalue weighted by atomic mass is 16.3. The van der Waals surface area contributed by atoms with Crippen LogP contribution < -0.4 is 0 Å². The molecule has 5 heteroatoms. The molecule has 0 fully saturated rings. The number of furan rings is 2. The zero-order valence-electron chi connectivity index (χ0n) is 25.7. The lowest BCUT2D eigenvalue weighted by molar-refractivity contribution is 0.662. The van der Waals surface area contributed by atoms with E-state index in [1.54, 1.807) is 0 Å². The fraction of sp³-hybridized carbons (Fsp3) is 0.0465. The maximum Gasteiger partial charge on any atom is 0.164 e. The second-order valence-electron chi connectivity index (χ2n) is 12.4. The van der Waals surface area contributed by atoms with E-state index in [2.05, 4.69) is 97.1 Å². The number of rotatable bonds is 4. The van der Waals surface area contributed by atoms with Gasteiger partial charge in [-0.3, -0.25) is 0 Å². The molecular formula is C43H27N3O2. The van der Waals surface area contributed by atoms with Crippen molar-refractivity contribution in [3.63, 3.8) is 0 Å². The minimum absolute atomic E-state index is 0.252. The summed E-state index contributed by atoms with van der Waals surface area (Å²) in [5.41, 5.74) is 8.21. The fourth-order valence-electron chi connectivity index (χ4n) is 7.11. The van der Waals surface area contributed by atoms with Crippen molar-refractivity contribution < 1.29 is 8.83 Å². The van der Waals surface area contributed by atoms with Gasteiger partial charge in [0.05, 0.1) is 0 Å². The van der Waals surface area contributed by atoms with Crippen molar-refractivity contribution in [2.24, 2.45) is 11.8 Å². The van der Waals surface area contributed by atoms with Gasteiger partial charge in [-0.25, -0.2) is 15.0 Å². The summed E-state index contributed by atoms with van der Waals surface area (Å²) in [6, 6.07) is 37.0. The van der Waals surface area contributed by atoms with Crippen LogP contribution in [0.25, 0.3) is 83.4 Å². The molecule has 5 aromatic carbocycles. The number of hydrogen-bond donors (Lipinski definition) is 0. The number of hydrogen-bond acceptors (Lipinski definition) is 5. The van der Waals surface area contributed by atoms with Gasteiger partial charge in [0.25, 0.3) is 0 Å². The standard InChI is InChI=1S/C43H27N3O2/c1-2-11-27(12-3-1)31-21-22-34(39-33-15-7-9-17-37(33)48-40(31)39)43-45-41(29-19-18-26-10-4-5-13-28(26)24-29)44-42(46-43)30-20-23-38-35(25-30)32-14-6-8-16-36(32)47-38/h1-26,28H. The van der Waals surface area contributed by atoms with Gasteiger partial charge in [0.15, 0.2) is 17.5 Å². The number of nitrogens with zero attached hydrogens (tertiary/aromatic N) is 3. The maximum absolute atomic E-state index is 6.58. The minimum atomic E-state index is 0.252. The van der Waals surface area contributed by atoms with Crippen LogP contribution in [0.3, 0.4) is 0 Å². The Morgan fingerprint density at radius 3 is 2.04 bits per heavy atom. The molecule has 0 amide bonds. The van der Waals surface area contributed by atoms with Crippen molar-refractivity contribution in [1.82, 2.24) is 15.0 Å². The Hall–Kier alpha value is -6.33. The van der Waals surface area contributed by atoms with E-state index in [-0.39, 0.29) is 5.92 Å². The summed E-state index contributed by atoms with van der Waals surface area (Å²) in [6.45, 7) is 0.